The van der Waals surface area contributed by atoms with Gasteiger partial charge in [0.1, 0.15) is 0 Å². The van der Waals surface area contributed by atoms with E-state index in [0.29, 0.717) is 22.7 Å². The molecule has 2 aromatic rings. The molecular weight excluding hydrogens is 366 g/mol. The van der Waals surface area contributed by atoms with Gasteiger partial charge in [0.2, 0.25) is 5.78 Å². The third kappa shape index (κ3) is 6.18. The first-order valence-electron chi connectivity index (χ1n) is 8.67. The summed E-state index contributed by atoms with van der Waals surface area (Å²) in [6.45, 7) is 3.69. The molecule has 0 aliphatic heterocycles. The predicted octanol–water partition coefficient (Wildman–Crippen LogP) is 3.67. The second-order valence-corrected chi connectivity index (χ2v) is 7.41. The van der Waals surface area contributed by atoms with Crippen LogP contribution in [0.25, 0.3) is 0 Å². The van der Waals surface area contributed by atoms with Gasteiger partial charge in [-0.1, -0.05) is 44.2 Å². The molecular formula is C19H23N3O4S. The van der Waals surface area contributed by atoms with Crippen LogP contribution in [-0.4, -0.2) is 45.5 Å². The minimum absolute atomic E-state index is 0.0238. The van der Waals surface area contributed by atoms with E-state index in [4.69, 9.17) is 0 Å². The largest absolute Gasteiger partial charge is 0.465 e. The van der Waals surface area contributed by atoms with E-state index < -0.39 is 18.2 Å². The molecule has 3 amide bonds. The first kappa shape index (κ1) is 20.6. The Balaban J connectivity index is 2.14. The summed E-state index contributed by atoms with van der Waals surface area (Å²) in [7, 11) is 0. The summed E-state index contributed by atoms with van der Waals surface area (Å²) in [4.78, 5) is 41.4. The number of Topliss-reactive ketones (excluding diaryl/α,β-unsaturated/α-hetero) is 1. The maximum Gasteiger partial charge on any atom is 0.415 e. The number of nitrogens with zero attached hydrogens (tertiary/aromatic N) is 2. The molecule has 8 heteroatoms. The van der Waals surface area contributed by atoms with Crippen molar-refractivity contribution >= 4 is 29.2 Å². The van der Waals surface area contributed by atoms with Gasteiger partial charge < -0.3 is 10.4 Å². The van der Waals surface area contributed by atoms with Crippen LogP contribution in [0.2, 0.25) is 0 Å². The second-order valence-electron chi connectivity index (χ2n) is 6.51. The summed E-state index contributed by atoms with van der Waals surface area (Å²) in [5.74, 6) is -0.339. The molecule has 0 fully saturated rings. The van der Waals surface area contributed by atoms with Gasteiger partial charge in [0, 0.05) is 18.1 Å². The molecule has 0 bridgehead atoms. The number of aryl methyl sites for hydroxylation is 1. The van der Waals surface area contributed by atoms with E-state index in [9.17, 15) is 19.5 Å². The Labute approximate surface area is 162 Å². The summed E-state index contributed by atoms with van der Waals surface area (Å²) < 4.78 is 0. The van der Waals surface area contributed by atoms with Crippen molar-refractivity contribution < 1.29 is 19.5 Å². The maximum atomic E-state index is 12.7. The molecule has 0 saturated heterocycles. The number of nitrogens with one attached hydrogen (secondary N) is 1. The number of rotatable bonds is 8. The van der Waals surface area contributed by atoms with E-state index in [1.54, 1.807) is 5.38 Å². The number of amides is 3. The van der Waals surface area contributed by atoms with Crippen LogP contribution in [0.1, 0.15) is 35.6 Å². The number of hydrogen-bond donors (Lipinski definition) is 2. The van der Waals surface area contributed by atoms with Gasteiger partial charge in [0.15, 0.2) is 5.01 Å². The first-order valence-corrected chi connectivity index (χ1v) is 9.55. The van der Waals surface area contributed by atoms with E-state index in [0.717, 1.165) is 5.56 Å². The summed E-state index contributed by atoms with van der Waals surface area (Å²) in [6, 6.07) is 7.95. The summed E-state index contributed by atoms with van der Waals surface area (Å²) >= 11 is 1.19. The number of hydrogen-bond acceptors (Lipinski definition) is 5. The van der Waals surface area contributed by atoms with Gasteiger partial charge in [0.25, 0.3) is 0 Å². The van der Waals surface area contributed by atoms with Crippen LogP contribution in [0.5, 0.6) is 0 Å². The number of carbonyl (C=O) groups excluding carboxylic acids is 2. The van der Waals surface area contributed by atoms with Gasteiger partial charge in [-0.3, -0.25) is 4.79 Å². The first-order chi connectivity index (χ1) is 12.9. The standard InChI is InChI=1S/C19H23N3O4S/c1-13(2)12-22(19(25)26)18(24)21-15(16(23)17-20-10-11-27-17)9-8-14-6-4-3-5-7-14/h3-7,10-11,13,15H,8-9,12H2,1-2H3,(H,21,24)(H,25,26)/t15-/m0/s1. The van der Waals surface area contributed by atoms with E-state index >= 15 is 0 Å². The van der Waals surface area contributed by atoms with Gasteiger partial charge in [-0.15, -0.1) is 11.3 Å². The number of urea groups is 1. The molecule has 0 radical (unpaired) electrons. The molecule has 1 heterocycles. The second kappa shape index (κ2) is 9.82. The molecule has 2 N–H and O–H groups in total. The van der Waals surface area contributed by atoms with Crippen LogP contribution in [0, 0.1) is 5.92 Å². The smallest absolute Gasteiger partial charge is 0.415 e. The van der Waals surface area contributed by atoms with Crippen LogP contribution in [0.3, 0.4) is 0 Å². The molecule has 0 unspecified atom stereocenters. The van der Waals surface area contributed by atoms with Crippen molar-refractivity contribution in [3.8, 4) is 0 Å². The lowest BCUT2D eigenvalue weighted by molar-refractivity contribution is 0.0929. The quantitative estimate of drug-likeness (QED) is 0.671. The number of benzene rings is 1. The lowest BCUT2D eigenvalue weighted by atomic mass is 10.0. The molecule has 1 aromatic heterocycles. The van der Waals surface area contributed by atoms with Gasteiger partial charge in [-0.05, 0) is 24.3 Å². The molecule has 2 rings (SSSR count). The Hall–Kier alpha value is -2.74. The van der Waals surface area contributed by atoms with Crippen LogP contribution in [0.15, 0.2) is 41.9 Å². The Morgan fingerprint density at radius 3 is 2.48 bits per heavy atom. The van der Waals surface area contributed by atoms with Crippen molar-refractivity contribution in [2.75, 3.05) is 6.54 Å². The fourth-order valence-corrected chi connectivity index (χ4v) is 3.19. The number of imide groups is 1. The summed E-state index contributed by atoms with van der Waals surface area (Å²) in [5, 5.41) is 13.9. The topological polar surface area (TPSA) is 99.6 Å². The van der Waals surface area contributed by atoms with Gasteiger partial charge in [0.05, 0.1) is 6.04 Å². The maximum absolute atomic E-state index is 12.7. The van der Waals surface area contributed by atoms with E-state index in [1.807, 2.05) is 44.2 Å². The van der Waals surface area contributed by atoms with Crippen molar-refractivity contribution in [2.45, 2.75) is 32.7 Å². The predicted molar refractivity (Wildman–Crippen MR) is 103 cm³/mol. The zero-order chi connectivity index (χ0) is 19.8. The lowest BCUT2D eigenvalue weighted by Crippen LogP contribution is -2.50. The van der Waals surface area contributed by atoms with Gasteiger partial charge in [-0.25, -0.2) is 19.5 Å². The zero-order valence-electron chi connectivity index (χ0n) is 15.3. The average molecular weight is 389 g/mol. The molecule has 0 saturated carbocycles. The highest BCUT2D eigenvalue weighted by Crippen LogP contribution is 2.13. The fraction of sp³-hybridized carbons (Fsp3) is 0.368. The van der Waals surface area contributed by atoms with Crippen LogP contribution in [-0.2, 0) is 6.42 Å². The van der Waals surface area contributed by atoms with Gasteiger partial charge in [-0.2, -0.15) is 0 Å². The van der Waals surface area contributed by atoms with Gasteiger partial charge >= 0.3 is 12.1 Å². The van der Waals surface area contributed by atoms with Crippen molar-refractivity contribution in [3.05, 3.63) is 52.5 Å². The van der Waals surface area contributed by atoms with Crippen molar-refractivity contribution in [3.63, 3.8) is 0 Å². The Morgan fingerprint density at radius 1 is 1.22 bits per heavy atom. The summed E-state index contributed by atoms with van der Waals surface area (Å²) in [5.41, 5.74) is 1.03. The van der Waals surface area contributed by atoms with Crippen LogP contribution >= 0.6 is 11.3 Å². The number of thiazole rings is 1. The van der Waals surface area contributed by atoms with E-state index in [-0.39, 0.29) is 18.2 Å². The summed E-state index contributed by atoms with van der Waals surface area (Å²) in [6.07, 6.45) is 1.10. The monoisotopic (exact) mass is 389 g/mol. The minimum atomic E-state index is -1.34. The fourth-order valence-electron chi connectivity index (χ4n) is 2.56. The Kier molecular flexibility index (Phi) is 7.48. The van der Waals surface area contributed by atoms with E-state index in [1.165, 1.54) is 17.5 Å². The molecule has 7 nitrogen and oxygen atoms in total. The molecule has 0 spiro atoms. The van der Waals surface area contributed by atoms with Crippen LogP contribution in [0.4, 0.5) is 9.59 Å². The molecule has 0 aliphatic rings. The van der Waals surface area contributed by atoms with Crippen molar-refractivity contribution in [2.24, 2.45) is 5.92 Å². The van der Waals surface area contributed by atoms with Crippen molar-refractivity contribution in [1.82, 2.24) is 15.2 Å². The molecule has 1 aromatic carbocycles. The average Bonchev–Trinajstić information content (AvgIpc) is 3.17. The highest BCUT2D eigenvalue weighted by Gasteiger charge is 2.28. The van der Waals surface area contributed by atoms with E-state index in [2.05, 4.69) is 10.3 Å². The number of carboxylic acid groups (broad SMARTS) is 1. The lowest BCUT2D eigenvalue weighted by Gasteiger charge is -2.23. The molecule has 0 aliphatic carbocycles. The third-order valence-corrected chi connectivity index (χ3v) is 4.63. The van der Waals surface area contributed by atoms with Crippen LogP contribution < -0.4 is 5.32 Å². The zero-order valence-corrected chi connectivity index (χ0v) is 16.1. The van der Waals surface area contributed by atoms with Crippen molar-refractivity contribution in [1.29, 1.82) is 0 Å². The highest BCUT2D eigenvalue weighted by atomic mass is 32.1. The molecule has 1 atom stereocenters. The highest BCUT2D eigenvalue weighted by molar-refractivity contribution is 7.11. The minimum Gasteiger partial charge on any atom is -0.465 e. The Bertz CT molecular complexity index is 763. The molecule has 144 valence electrons. The molecule has 27 heavy (non-hydrogen) atoms. The number of aromatic nitrogens is 1. The number of ketones is 1. The Morgan fingerprint density at radius 2 is 1.93 bits per heavy atom. The normalized spacial score (nSPS) is 11.8. The SMILES string of the molecule is CC(C)CN(C(=O)O)C(=O)N[C@@H](CCc1ccccc1)C(=O)c1nccs1. The third-order valence-electron chi connectivity index (χ3n) is 3.85. The number of carbonyl (C=O) groups is 3.